The van der Waals surface area contributed by atoms with Gasteiger partial charge in [0.2, 0.25) is 0 Å². The number of rotatable bonds is 8. The molecule has 2 nitrogen and oxygen atoms in total. The Labute approximate surface area is 105 Å². The van der Waals surface area contributed by atoms with Gasteiger partial charge in [-0.1, -0.05) is 38.0 Å². The van der Waals surface area contributed by atoms with Gasteiger partial charge in [-0.05, 0) is 31.4 Å². The van der Waals surface area contributed by atoms with Crippen molar-refractivity contribution in [3.63, 3.8) is 0 Å². The van der Waals surface area contributed by atoms with Crippen molar-refractivity contribution >= 4 is 5.69 Å². The van der Waals surface area contributed by atoms with E-state index in [1.54, 1.807) is 7.11 Å². The first-order valence-electron chi connectivity index (χ1n) is 6.61. The first-order chi connectivity index (χ1) is 8.27. The molecule has 0 heterocycles. The third-order valence-corrected chi connectivity index (χ3v) is 2.99. The summed E-state index contributed by atoms with van der Waals surface area (Å²) >= 11 is 0. The Morgan fingerprint density at radius 1 is 1.29 bits per heavy atom. The van der Waals surface area contributed by atoms with Crippen molar-refractivity contribution in [3.05, 3.63) is 29.8 Å². The topological polar surface area (TPSA) is 21.3 Å². The Bertz CT molecular complexity index is 312. The number of ether oxygens (including phenoxy) is 1. The molecule has 96 valence electrons. The van der Waals surface area contributed by atoms with Gasteiger partial charge in [0, 0.05) is 18.8 Å². The Kier molecular flexibility index (Phi) is 6.71. The van der Waals surface area contributed by atoms with Crippen LogP contribution in [-0.2, 0) is 11.2 Å². The maximum absolute atomic E-state index is 5.14. The van der Waals surface area contributed by atoms with Gasteiger partial charge in [-0.2, -0.15) is 0 Å². The van der Waals surface area contributed by atoms with E-state index in [-0.39, 0.29) is 0 Å². The van der Waals surface area contributed by atoms with Crippen LogP contribution in [0.4, 0.5) is 5.69 Å². The fourth-order valence-electron chi connectivity index (χ4n) is 1.94. The van der Waals surface area contributed by atoms with Crippen LogP contribution in [0.5, 0.6) is 0 Å². The Morgan fingerprint density at radius 3 is 2.76 bits per heavy atom. The van der Waals surface area contributed by atoms with E-state index in [2.05, 4.69) is 43.4 Å². The van der Waals surface area contributed by atoms with Crippen LogP contribution < -0.4 is 5.32 Å². The van der Waals surface area contributed by atoms with E-state index in [9.17, 15) is 0 Å². The van der Waals surface area contributed by atoms with E-state index in [4.69, 9.17) is 4.74 Å². The third-order valence-electron chi connectivity index (χ3n) is 2.99. The second kappa shape index (κ2) is 8.13. The monoisotopic (exact) mass is 235 g/mol. The number of anilines is 1. The van der Waals surface area contributed by atoms with Gasteiger partial charge < -0.3 is 10.1 Å². The summed E-state index contributed by atoms with van der Waals surface area (Å²) in [6.07, 6.45) is 4.75. The van der Waals surface area contributed by atoms with Gasteiger partial charge in [0.25, 0.3) is 0 Å². The van der Waals surface area contributed by atoms with Gasteiger partial charge in [0.05, 0.1) is 6.61 Å². The molecule has 0 aliphatic heterocycles. The second-order valence-corrected chi connectivity index (χ2v) is 4.59. The molecular formula is C15H25NO. The van der Waals surface area contributed by atoms with Gasteiger partial charge in [-0.15, -0.1) is 0 Å². The van der Waals surface area contributed by atoms with Crippen LogP contribution in [0, 0.1) is 0 Å². The molecule has 0 bridgehead atoms. The number of hydrogen-bond donors (Lipinski definition) is 1. The molecule has 1 aromatic rings. The highest BCUT2D eigenvalue weighted by Gasteiger charge is 2.05. The molecule has 0 amide bonds. The van der Waals surface area contributed by atoms with Crippen molar-refractivity contribution in [2.45, 2.75) is 45.6 Å². The van der Waals surface area contributed by atoms with Gasteiger partial charge >= 0.3 is 0 Å². The van der Waals surface area contributed by atoms with Crippen molar-refractivity contribution in [1.29, 1.82) is 0 Å². The predicted octanol–water partition coefficient (Wildman–Crippen LogP) is 3.87. The molecule has 0 saturated carbocycles. The molecule has 1 atom stereocenters. The van der Waals surface area contributed by atoms with Gasteiger partial charge in [-0.25, -0.2) is 0 Å². The maximum atomic E-state index is 5.14. The van der Waals surface area contributed by atoms with Crippen molar-refractivity contribution in [1.82, 2.24) is 0 Å². The summed E-state index contributed by atoms with van der Waals surface area (Å²) in [5.41, 5.74) is 2.60. The Hall–Kier alpha value is -1.02. The van der Waals surface area contributed by atoms with E-state index >= 15 is 0 Å². The molecule has 0 aromatic heterocycles. The molecule has 1 aromatic carbocycles. The summed E-state index contributed by atoms with van der Waals surface area (Å²) in [6, 6.07) is 9.05. The number of benzene rings is 1. The van der Waals surface area contributed by atoms with Crippen LogP contribution in [0.15, 0.2) is 24.3 Å². The first-order valence-corrected chi connectivity index (χ1v) is 6.61. The summed E-state index contributed by atoms with van der Waals surface area (Å²) < 4.78 is 5.14. The van der Waals surface area contributed by atoms with Crippen LogP contribution in [0.1, 0.15) is 38.7 Å². The molecular weight excluding hydrogens is 210 g/mol. The average molecular weight is 235 g/mol. The second-order valence-electron chi connectivity index (χ2n) is 4.59. The lowest BCUT2D eigenvalue weighted by molar-refractivity contribution is 0.202. The highest BCUT2D eigenvalue weighted by molar-refractivity contribution is 5.51. The third kappa shape index (κ3) is 5.22. The lowest BCUT2D eigenvalue weighted by Gasteiger charge is -2.17. The van der Waals surface area contributed by atoms with Gasteiger partial charge in [0.15, 0.2) is 0 Å². The highest BCUT2D eigenvalue weighted by Crippen LogP contribution is 2.18. The molecule has 2 heteroatoms. The van der Waals surface area contributed by atoms with Gasteiger partial charge in [-0.3, -0.25) is 0 Å². The molecule has 1 unspecified atom stereocenters. The Balaban J connectivity index is 2.56. The Morgan fingerprint density at radius 2 is 2.06 bits per heavy atom. The molecule has 0 fully saturated rings. The molecule has 0 aliphatic carbocycles. The van der Waals surface area contributed by atoms with Crippen molar-refractivity contribution in [3.8, 4) is 0 Å². The van der Waals surface area contributed by atoms with Gasteiger partial charge in [0.1, 0.15) is 0 Å². The summed E-state index contributed by atoms with van der Waals surface area (Å²) in [6.45, 7) is 5.27. The number of unbranched alkanes of at least 4 members (excludes halogenated alkanes) is 1. The van der Waals surface area contributed by atoms with Crippen LogP contribution in [0.25, 0.3) is 0 Å². The smallest absolute Gasteiger partial charge is 0.0503 e. The van der Waals surface area contributed by atoms with E-state index in [0.29, 0.717) is 6.04 Å². The van der Waals surface area contributed by atoms with Crippen molar-refractivity contribution < 1.29 is 4.74 Å². The predicted molar refractivity (Wildman–Crippen MR) is 74.6 cm³/mol. The first kappa shape index (κ1) is 14.0. The number of hydrogen-bond acceptors (Lipinski definition) is 2. The fourth-order valence-corrected chi connectivity index (χ4v) is 1.94. The minimum atomic E-state index is 0.540. The van der Waals surface area contributed by atoms with Crippen LogP contribution in [-0.4, -0.2) is 19.8 Å². The highest BCUT2D eigenvalue weighted by atomic mass is 16.5. The standard InChI is InChI=1S/C15H25NO/c1-4-5-8-13(2)16-15-10-7-6-9-14(15)11-12-17-3/h6-7,9-10,13,16H,4-5,8,11-12H2,1-3H3. The average Bonchev–Trinajstić information content (AvgIpc) is 2.35. The number of para-hydroxylation sites is 1. The zero-order valence-electron chi connectivity index (χ0n) is 11.3. The number of methoxy groups -OCH3 is 1. The van der Waals surface area contributed by atoms with E-state index in [0.717, 1.165) is 13.0 Å². The summed E-state index contributed by atoms with van der Waals surface area (Å²) in [5, 5.41) is 3.60. The van der Waals surface area contributed by atoms with Crippen LogP contribution in [0.3, 0.4) is 0 Å². The maximum Gasteiger partial charge on any atom is 0.0503 e. The quantitative estimate of drug-likeness (QED) is 0.738. The molecule has 0 spiro atoms. The summed E-state index contributed by atoms with van der Waals surface area (Å²) in [5.74, 6) is 0. The molecule has 1 N–H and O–H groups in total. The SMILES string of the molecule is CCCCC(C)Nc1ccccc1CCOC. The lowest BCUT2D eigenvalue weighted by Crippen LogP contribution is -2.16. The fraction of sp³-hybridized carbons (Fsp3) is 0.600. The largest absolute Gasteiger partial charge is 0.384 e. The summed E-state index contributed by atoms with van der Waals surface area (Å²) in [4.78, 5) is 0. The minimum Gasteiger partial charge on any atom is -0.384 e. The molecule has 0 aliphatic rings. The van der Waals surface area contributed by atoms with Crippen LogP contribution in [0.2, 0.25) is 0 Å². The zero-order chi connectivity index (χ0) is 12.5. The zero-order valence-corrected chi connectivity index (χ0v) is 11.3. The lowest BCUT2D eigenvalue weighted by atomic mass is 10.1. The molecule has 0 saturated heterocycles. The summed E-state index contributed by atoms with van der Waals surface area (Å²) in [7, 11) is 1.75. The molecule has 17 heavy (non-hydrogen) atoms. The van der Waals surface area contributed by atoms with Crippen molar-refractivity contribution in [2.75, 3.05) is 19.0 Å². The van der Waals surface area contributed by atoms with E-state index in [1.165, 1.54) is 30.5 Å². The van der Waals surface area contributed by atoms with Crippen LogP contribution >= 0.6 is 0 Å². The molecule has 0 radical (unpaired) electrons. The van der Waals surface area contributed by atoms with E-state index < -0.39 is 0 Å². The minimum absolute atomic E-state index is 0.540. The normalized spacial score (nSPS) is 12.4. The number of nitrogens with one attached hydrogen (secondary N) is 1. The molecule has 1 rings (SSSR count). The van der Waals surface area contributed by atoms with E-state index in [1.807, 2.05) is 0 Å². The van der Waals surface area contributed by atoms with Crippen molar-refractivity contribution in [2.24, 2.45) is 0 Å².